The lowest BCUT2D eigenvalue weighted by Crippen LogP contribution is -2.56. The van der Waals surface area contributed by atoms with Gasteiger partial charge < -0.3 is 44.8 Å². The molecule has 2 amide bonds. The Hall–Kier alpha value is -10.4. The molecule has 81 heavy (non-hydrogen) atoms. The molecule has 2 fully saturated rings. The Morgan fingerprint density at radius 2 is 1.36 bits per heavy atom. The van der Waals surface area contributed by atoms with Crippen LogP contribution in [0.5, 0.6) is 23.0 Å². The number of allylic oxidation sites excluding steroid dienone is 1. The SMILES string of the molecule is C=CC(=O)N1CCN(c2ncc3ncnc(Nc4ccc(Oc5ccc6c(c5)nnn6C/C=C/C(=O)N5CCN(c6ncc7ncnc(Nc8ccc(Oc9ccc%10c(c9)nnn%10C)c(C)c8)c7n6)C[C@H]5CO)c(C)c4F)c3n2)CC1. The first-order chi connectivity index (χ1) is 39.5. The highest BCUT2D eigenvalue weighted by Crippen LogP contribution is 2.35. The summed E-state index contributed by atoms with van der Waals surface area (Å²) < 4.78 is 31.8. The highest BCUT2D eigenvalue weighted by molar-refractivity contribution is 5.90. The molecule has 0 aliphatic carbocycles. The Labute approximate surface area is 460 Å². The predicted octanol–water partition coefficient (Wildman–Crippen LogP) is 6.11. The van der Waals surface area contributed by atoms with Gasteiger partial charge in [0.2, 0.25) is 23.7 Å². The van der Waals surface area contributed by atoms with Crippen LogP contribution < -0.4 is 29.9 Å². The summed E-state index contributed by atoms with van der Waals surface area (Å²) in [5, 5.41) is 33.9. The summed E-state index contributed by atoms with van der Waals surface area (Å²) in [4.78, 5) is 69.2. The van der Waals surface area contributed by atoms with Crippen molar-refractivity contribution < 1.29 is 28.6 Å². The maximum absolute atomic E-state index is 16.1. The molecule has 26 heteroatoms. The molecule has 0 unspecified atom stereocenters. The third-order valence-electron chi connectivity index (χ3n) is 14.1. The van der Waals surface area contributed by atoms with Gasteiger partial charge in [-0.3, -0.25) is 9.59 Å². The number of aliphatic hydroxyl groups is 1. The lowest BCUT2D eigenvalue weighted by Gasteiger charge is -2.40. The molecule has 408 valence electrons. The van der Waals surface area contributed by atoms with Crippen LogP contribution in [0, 0.1) is 19.7 Å². The average Bonchev–Trinajstić information content (AvgIpc) is 4.14. The fourth-order valence-electron chi connectivity index (χ4n) is 9.73. The number of hydrogen-bond acceptors (Lipinski definition) is 21. The molecule has 3 N–H and O–H groups in total. The van der Waals surface area contributed by atoms with Gasteiger partial charge in [-0.1, -0.05) is 23.1 Å². The predicted molar refractivity (Wildman–Crippen MR) is 298 cm³/mol. The Kier molecular flexibility index (Phi) is 13.8. The van der Waals surface area contributed by atoms with Crippen LogP contribution in [-0.2, 0) is 23.2 Å². The first-order valence-electron chi connectivity index (χ1n) is 25.8. The van der Waals surface area contributed by atoms with Crippen LogP contribution in [0.2, 0.25) is 0 Å². The molecule has 0 radical (unpaired) electrons. The Morgan fingerprint density at radius 3 is 2.06 bits per heavy atom. The smallest absolute Gasteiger partial charge is 0.246 e. The Balaban J connectivity index is 0.658. The minimum atomic E-state index is -0.550. The highest BCUT2D eigenvalue weighted by Gasteiger charge is 2.31. The molecule has 4 aromatic carbocycles. The van der Waals surface area contributed by atoms with Crippen LogP contribution in [0.15, 0.2) is 117 Å². The number of hydrogen-bond donors (Lipinski definition) is 3. The number of rotatable bonds is 15. The second-order valence-corrected chi connectivity index (χ2v) is 19.3. The van der Waals surface area contributed by atoms with Crippen molar-refractivity contribution in [2.75, 3.05) is 72.9 Å². The van der Waals surface area contributed by atoms with Gasteiger partial charge in [0.05, 0.1) is 48.3 Å². The lowest BCUT2D eigenvalue weighted by atomic mass is 10.1. The molecule has 0 spiro atoms. The maximum atomic E-state index is 16.1. The monoisotopic (exact) mass is 1090 g/mol. The molecule has 2 aliphatic rings. The van der Waals surface area contributed by atoms with Gasteiger partial charge in [0.1, 0.15) is 68.8 Å². The van der Waals surface area contributed by atoms with Gasteiger partial charge >= 0.3 is 0 Å². The van der Waals surface area contributed by atoms with Crippen LogP contribution in [-0.4, -0.2) is 155 Å². The zero-order valence-electron chi connectivity index (χ0n) is 44.0. The van der Waals surface area contributed by atoms with Crippen molar-refractivity contribution in [1.82, 2.24) is 79.7 Å². The second kappa shape index (κ2) is 21.8. The number of aromatic nitrogens is 14. The summed E-state index contributed by atoms with van der Waals surface area (Å²) >= 11 is 0. The molecule has 12 rings (SSSR count). The van der Waals surface area contributed by atoms with Crippen molar-refractivity contribution in [1.29, 1.82) is 0 Å². The molecule has 0 saturated carbocycles. The van der Waals surface area contributed by atoms with E-state index < -0.39 is 11.9 Å². The Bertz CT molecular complexity index is 4110. The van der Waals surface area contributed by atoms with E-state index in [4.69, 9.17) is 19.4 Å². The molecule has 2 saturated heterocycles. The number of nitrogens with one attached hydrogen (secondary N) is 2. The highest BCUT2D eigenvalue weighted by atomic mass is 19.1. The third-order valence-corrected chi connectivity index (χ3v) is 14.1. The number of ether oxygens (including phenoxy) is 2. The first kappa shape index (κ1) is 51.4. The molecule has 6 aromatic heterocycles. The second-order valence-electron chi connectivity index (χ2n) is 19.3. The van der Waals surface area contributed by atoms with Crippen molar-refractivity contribution in [3.05, 3.63) is 134 Å². The molecule has 0 bridgehead atoms. The van der Waals surface area contributed by atoms with Gasteiger partial charge in [-0.2, -0.15) is 0 Å². The van der Waals surface area contributed by atoms with E-state index in [1.165, 1.54) is 24.8 Å². The van der Waals surface area contributed by atoms with Crippen molar-refractivity contribution in [2.45, 2.75) is 26.4 Å². The van der Waals surface area contributed by atoms with E-state index in [9.17, 15) is 14.7 Å². The number of aliphatic hydroxyl groups excluding tert-OH is 1. The molecule has 8 heterocycles. The van der Waals surface area contributed by atoms with Crippen molar-refractivity contribution in [3.63, 3.8) is 0 Å². The first-order valence-corrected chi connectivity index (χ1v) is 25.8. The molecule has 25 nitrogen and oxygen atoms in total. The van der Waals surface area contributed by atoms with E-state index in [0.29, 0.717) is 113 Å². The molecule has 2 aliphatic heterocycles. The van der Waals surface area contributed by atoms with E-state index >= 15 is 4.39 Å². The number of amides is 2. The topological polar surface area (TPSA) is 274 Å². The van der Waals surface area contributed by atoms with E-state index in [1.54, 1.807) is 74.9 Å². The summed E-state index contributed by atoms with van der Waals surface area (Å²) in [5.74, 6) is 2.71. The summed E-state index contributed by atoms with van der Waals surface area (Å²) in [6.45, 7) is 10.2. The molecule has 1 atom stereocenters. The zero-order chi connectivity index (χ0) is 55.7. The van der Waals surface area contributed by atoms with E-state index in [2.05, 4.69) is 67.7 Å². The Morgan fingerprint density at radius 1 is 0.716 bits per heavy atom. The number of aryl methyl sites for hydroxylation is 2. The average molecular weight is 1090 g/mol. The fraction of sp³-hybridized carbons (Fsp3) is 0.236. The summed E-state index contributed by atoms with van der Waals surface area (Å²) in [7, 11) is 1.84. The number of halogens is 1. The van der Waals surface area contributed by atoms with Crippen LogP contribution in [0.4, 0.5) is 39.3 Å². The van der Waals surface area contributed by atoms with E-state index in [0.717, 1.165) is 22.3 Å². The molecular formula is C55H51FN20O5. The van der Waals surface area contributed by atoms with Crippen molar-refractivity contribution in [3.8, 4) is 23.0 Å². The molecule has 10 aromatic rings. The van der Waals surface area contributed by atoms with Gasteiger partial charge in [0.15, 0.2) is 17.5 Å². The van der Waals surface area contributed by atoms with E-state index in [1.807, 2.05) is 60.2 Å². The number of piperazine rings is 2. The van der Waals surface area contributed by atoms with Gasteiger partial charge in [-0.25, -0.2) is 53.6 Å². The standard InChI is InChI=1S/C55H51FN20O5/c1-5-47(78)72-17-19-73(20-18-72)54-57-26-42-51(65-54)53(62-31-60-42)64-38-11-15-46(33(3)49(38)56)81-37-10-13-44-40(25-37)68-70-76(44)16-6-7-48(79)75-22-21-74(28-35(75)29-77)55-58-27-41-50(66-55)52(61-30-59-41)63-34-8-14-45(32(2)23-34)80-36-9-12-43-39(24-36)67-69-71(43)4/h5-15,23-27,30-31,35,77H,1,16-22,28-29H2,2-4H3,(H,59,61,63)(H,60,62,64)/b7-6+/t35-/m0/s1. The third kappa shape index (κ3) is 10.4. The zero-order valence-corrected chi connectivity index (χ0v) is 44.0. The largest absolute Gasteiger partial charge is 0.457 e. The fourth-order valence-corrected chi connectivity index (χ4v) is 9.73. The summed E-state index contributed by atoms with van der Waals surface area (Å²) in [6, 6.07) is 19.3. The lowest BCUT2D eigenvalue weighted by molar-refractivity contribution is -0.129. The van der Waals surface area contributed by atoms with Gasteiger partial charge in [0.25, 0.3) is 0 Å². The summed E-state index contributed by atoms with van der Waals surface area (Å²) in [5.41, 5.74) is 6.82. The van der Waals surface area contributed by atoms with Crippen LogP contribution in [0.1, 0.15) is 11.1 Å². The number of carbonyl (C=O) groups excluding carboxylic acids is 2. The minimum absolute atomic E-state index is 0.123. The maximum Gasteiger partial charge on any atom is 0.246 e. The van der Waals surface area contributed by atoms with Crippen molar-refractivity contribution >= 4 is 90.9 Å². The van der Waals surface area contributed by atoms with Crippen LogP contribution in [0.25, 0.3) is 44.1 Å². The quantitative estimate of drug-likeness (QED) is 0.0977. The number of anilines is 6. The van der Waals surface area contributed by atoms with Gasteiger partial charge in [-0.05, 0) is 80.1 Å². The number of benzene rings is 4. The number of fused-ring (bicyclic) bond motifs is 4. The summed E-state index contributed by atoms with van der Waals surface area (Å²) in [6.07, 6.45) is 10.5. The van der Waals surface area contributed by atoms with Crippen LogP contribution in [0.3, 0.4) is 0 Å². The van der Waals surface area contributed by atoms with Gasteiger partial charge in [0, 0.05) is 82.3 Å². The molecular weight excluding hydrogens is 1040 g/mol. The normalized spacial score (nSPS) is 14.9. The number of carbonyl (C=O) groups is 2. The van der Waals surface area contributed by atoms with Crippen LogP contribution >= 0.6 is 0 Å². The minimum Gasteiger partial charge on any atom is -0.457 e. The number of nitrogens with zero attached hydrogens (tertiary/aromatic N) is 18. The van der Waals surface area contributed by atoms with Crippen molar-refractivity contribution in [2.24, 2.45) is 7.05 Å². The van der Waals surface area contributed by atoms with E-state index in [-0.39, 0.29) is 48.5 Å². The van der Waals surface area contributed by atoms with Gasteiger partial charge in [-0.15, -0.1) is 10.2 Å².